The predicted octanol–water partition coefficient (Wildman–Crippen LogP) is 3.68. The molecule has 0 radical (unpaired) electrons. The van der Waals surface area contributed by atoms with Gasteiger partial charge in [-0.05, 0) is 56.4 Å². The Hall–Kier alpha value is -0.510. The Kier molecular flexibility index (Phi) is 5.16. The second-order valence-electron chi connectivity index (χ2n) is 6.47. The quantitative estimate of drug-likeness (QED) is 0.868. The SMILES string of the molecule is Cc1ccc(SC2CCC(CO)(NC(C)C)C2)cc1C. The van der Waals surface area contributed by atoms with Crippen LogP contribution in [0.5, 0.6) is 0 Å². The van der Waals surface area contributed by atoms with Crippen LogP contribution in [0.25, 0.3) is 0 Å². The molecule has 0 aliphatic heterocycles. The van der Waals surface area contributed by atoms with Crippen molar-refractivity contribution in [1.82, 2.24) is 5.32 Å². The second kappa shape index (κ2) is 6.50. The second-order valence-corrected chi connectivity index (χ2v) is 7.84. The number of aliphatic hydroxyl groups is 1. The molecule has 0 amide bonds. The van der Waals surface area contributed by atoms with Crippen molar-refractivity contribution in [2.24, 2.45) is 0 Å². The minimum absolute atomic E-state index is 0.0639. The monoisotopic (exact) mass is 293 g/mol. The topological polar surface area (TPSA) is 32.3 Å². The fraction of sp³-hybridized carbons (Fsp3) is 0.647. The van der Waals surface area contributed by atoms with E-state index in [0.717, 1.165) is 12.8 Å². The largest absolute Gasteiger partial charge is 0.394 e. The van der Waals surface area contributed by atoms with E-state index in [-0.39, 0.29) is 12.1 Å². The fourth-order valence-electron chi connectivity index (χ4n) is 3.09. The van der Waals surface area contributed by atoms with E-state index >= 15 is 0 Å². The van der Waals surface area contributed by atoms with Crippen molar-refractivity contribution in [2.75, 3.05) is 6.61 Å². The molecule has 0 aromatic heterocycles. The fourth-order valence-corrected chi connectivity index (χ4v) is 4.50. The lowest BCUT2D eigenvalue weighted by atomic mass is 9.98. The van der Waals surface area contributed by atoms with Gasteiger partial charge >= 0.3 is 0 Å². The Morgan fingerprint density at radius 1 is 1.35 bits per heavy atom. The lowest BCUT2D eigenvalue weighted by molar-refractivity contribution is 0.156. The third-order valence-electron chi connectivity index (χ3n) is 4.24. The lowest BCUT2D eigenvalue weighted by Crippen LogP contribution is -2.49. The summed E-state index contributed by atoms with van der Waals surface area (Å²) >= 11 is 1.97. The summed E-state index contributed by atoms with van der Waals surface area (Å²) in [6.07, 6.45) is 3.31. The molecule has 0 spiro atoms. The van der Waals surface area contributed by atoms with Crippen LogP contribution in [0.1, 0.15) is 44.2 Å². The first-order valence-corrected chi connectivity index (χ1v) is 8.44. The van der Waals surface area contributed by atoms with Gasteiger partial charge in [0.05, 0.1) is 6.61 Å². The molecule has 1 aliphatic rings. The summed E-state index contributed by atoms with van der Waals surface area (Å²) in [5, 5.41) is 13.9. The first-order valence-electron chi connectivity index (χ1n) is 7.56. The third-order valence-corrected chi connectivity index (χ3v) is 5.50. The molecule has 3 heteroatoms. The van der Waals surface area contributed by atoms with Gasteiger partial charge in [-0.2, -0.15) is 0 Å². The molecule has 2 rings (SSSR count). The number of benzene rings is 1. The van der Waals surface area contributed by atoms with Gasteiger partial charge in [0.25, 0.3) is 0 Å². The van der Waals surface area contributed by atoms with Gasteiger partial charge in [-0.15, -0.1) is 11.8 Å². The molecule has 20 heavy (non-hydrogen) atoms. The number of aliphatic hydroxyl groups excluding tert-OH is 1. The highest BCUT2D eigenvalue weighted by atomic mass is 32.2. The van der Waals surface area contributed by atoms with Crippen LogP contribution >= 0.6 is 11.8 Å². The Bertz CT molecular complexity index is 460. The summed E-state index contributed by atoms with van der Waals surface area (Å²) in [6, 6.07) is 7.14. The van der Waals surface area contributed by atoms with E-state index in [1.165, 1.54) is 22.4 Å². The number of hydrogen-bond donors (Lipinski definition) is 2. The molecule has 2 atom stereocenters. The maximum atomic E-state index is 9.76. The van der Waals surface area contributed by atoms with E-state index in [1.54, 1.807) is 0 Å². The van der Waals surface area contributed by atoms with Gasteiger partial charge < -0.3 is 10.4 Å². The van der Waals surface area contributed by atoms with Crippen LogP contribution in [0, 0.1) is 13.8 Å². The molecule has 0 saturated heterocycles. The van der Waals surface area contributed by atoms with E-state index in [1.807, 2.05) is 11.8 Å². The van der Waals surface area contributed by atoms with Crippen molar-refractivity contribution in [1.29, 1.82) is 0 Å². The highest BCUT2D eigenvalue weighted by Crippen LogP contribution is 2.40. The van der Waals surface area contributed by atoms with Crippen molar-refractivity contribution < 1.29 is 5.11 Å². The molecular weight excluding hydrogens is 266 g/mol. The molecule has 0 heterocycles. The first-order chi connectivity index (χ1) is 9.44. The van der Waals surface area contributed by atoms with Crippen molar-refractivity contribution in [3.63, 3.8) is 0 Å². The van der Waals surface area contributed by atoms with E-state index < -0.39 is 0 Å². The van der Waals surface area contributed by atoms with Crippen LogP contribution in [0.4, 0.5) is 0 Å². The Morgan fingerprint density at radius 3 is 2.70 bits per heavy atom. The minimum atomic E-state index is -0.0639. The van der Waals surface area contributed by atoms with Crippen LogP contribution in [0.2, 0.25) is 0 Å². The molecule has 2 nitrogen and oxygen atoms in total. The number of nitrogens with one attached hydrogen (secondary N) is 1. The molecule has 1 aliphatic carbocycles. The summed E-state index contributed by atoms with van der Waals surface area (Å²) in [5.74, 6) is 0. The minimum Gasteiger partial charge on any atom is -0.394 e. The lowest BCUT2D eigenvalue weighted by Gasteiger charge is -2.31. The van der Waals surface area contributed by atoms with Crippen LogP contribution in [-0.2, 0) is 0 Å². The van der Waals surface area contributed by atoms with Gasteiger partial charge in [0.15, 0.2) is 0 Å². The van der Waals surface area contributed by atoms with E-state index in [2.05, 4.69) is 51.2 Å². The average Bonchev–Trinajstić information content (AvgIpc) is 2.77. The average molecular weight is 293 g/mol. The number of thioether (sulfide) groups is 1. The van der Waals surface area contributed by atoms with Crippen molar-refractivity contribution in [3.05, 3.63) is 29.3 Å². The first kappa shape index (κ1) is 15.9. The molecule has 1 saturated carbocycles. The van der Waals surface area contributed by atoms with Crippen molar-refractivity contribution in [3.8, 4) is 0 Å². The van der Waals surface area contributed by atoms with Crippen LogP contribution < -0.4 is 5.32 Å². The molecule has 1 fully saturated rings. The molecule has 2 N–H and O–H groups in total. The van der Waals surface area contributed by atoms with Gasteiger partial charge in [0.1, 0.15) is 0 Å². The maximum absolute atomic E-state index is 9.76. The standard InChI is InChI=1S/C17H27NOS/c1-12(2)18-17(11-19)8-7-16(10-17)20-15-6-5-13(3)14(4)9-15/h5-6,9,12,16,18-19H,7-8,10-11H2,1-4H3. The zero-order valence-corrected chi connectivity index (χ0v) is 13.9. The zero-order valence-electron chi connectivity index (χ0n) is 13.1. The summed E-state index contributed by atoms with van der Waals surface area (Å²) in [6.45, 7) is 8.88. The molecular formula is C17H27NOS. The molecule has 2 unspecified atom stereocenters. The summed E-state index contributed by atoms with van der Waals surface area (Å²) in [4.78, 5) is 1.36. The van der Waals surface area contributed by atoms with Gasteiger partial charge in [-0.25, -0.2) is 0 Å². The van der Waals surface area contributed by atoms with Crippen molar-refractivity contribution in [2.45, 2.75) is 68.7 Å². The van der Waals surface area contributed by atoms with Gasteiger partial charge in [0, 0.05) is 21.7 Å². The molecule has 0 bridgehead atoms. The van der Waals surface area contributed by atoms with Gasteiger partial charge in [-0.3, -0.25) is 0 Å². The molecule has 112 valence electrons. The highest BCUT2D eigenvalue weighted by Gasteiger charge is 2.39. The smallest absolute Gasteiger partial charge is 0.0613 e. The van der Waals surface area contributed by atoms with Crippen LogP contribution in [-0.4, -0.2) is 28.5 Å². The normalized spacial score (nSPS) is 26.4. The van der Waals surface area contributed by atoms with Crippen molar-refractivity contribution >= 4 is 11.8 Å². The highest BCUT2D eigenvalue weighted by molar-refractivity contribution is 8.00. The summed E-state index contributed by atoms with van der Waals surface area (Å²) < 4.78 is 0. The van der Waals surface area contributed by atoms with E-state index in [4.69, 9.17) is 0 Å². The summed E-state index contributed by atoms with van der Waals surface area (Å²) in [5.41, 5.74) is 2.65. The number of rotatable bonds is 5. The van der Waals surface area contributed by atoms with Gasteiger partial charge in [-0.1, -0.05) is 19.9 Å². The zero-order chi connectivity index (χ0) is 14.8. The summed E-state index contributed by atoms with van der Waals surface area (Å²) in [7, 11) is 0. The predicted molar refractivity (Wildman–Crippen MR) is 87.5 cm³/mol. The number of hydrogen-bond acceptors (Lipinski definition) is 3. The van der Waals surface area contributed by atoms with E-state index in [9.17, 15) is 5.11 Å². The van der Waals surface area contributed by atoms with Crippen LogP contribution in [0.3, 0.4) is 0 Å². The Morgan fingerprint density at radius 2 is 2.10 bits per heavy atom. The Labute approximate surface area is 127 Å². The van der Waals surface area contributed by atoms with Gasteiger partial charge in [0.2, 0.25) is 0 Å². The van der Waals surface area contributed by atoms with Crippen LogP contribution in [0.15, 0.2) is 23.1 Å². The third kappa shape index (κ3) is 3.78. The maximum Gasteiger partial charge on any atom is 0.0613 e. The van der Waals surface area contributed by atoms with E-state index in [0.29, 0.717) is 11.3 Å². The Balaban J connectivity index is 2.00. The molecule has 1 aromatic rings. The molecule has 1 aromatic carbocycles. The number of aryl methyl sites for hydroxylation is 2.